The molecule has 0 aromatic heterocycles. The quantitative estimate of drug-likeness (QED) is 0.0838. The van der Waals surface area contributed by atoms with E-state index < -0.39 is 14.8 Å². The first-order valence-electron chi connectivity index (χ1n) is 10.3. The van der Waals surface area contributed by atoms with Gasteiger partial charge in [0.2, 0.25) is 5.91 Å². The van der Waals surface area contributed by atoms with Crippen molar-refractivity contribution in [1.82, 2.24) is 5.32 Å². The molecule has 0 aromatic carbocycles. The number of nitrogens with one attached hydrogen (secondary N) is 1. The Kier molecular flexibility index (Phi) is 17.4. The van der Waals surface area contributed by atoms with E-state index in [-0.39, 0.29) is 5.91 Å². The van der Waals surface area contributed by atoms with Crippen LogP contribution in [0.3, 0.4) is 0 Å². The first kappa shape index (κ1) is 27.4. The fourth-order valence-corrected chi connectivity index (χ4v) is 4.60. The van der Waals surface area contributed by atoms with E-state index >= 15 is 0 Å². The highest BCUT2D eigenvalue weighted by molar-refractivity contribution is 6.60. The summed E-state index contributed by atoms with van der Waals surface area (Å²) in [7, 11) is 2.22. The number of nitrogens with zero attached hydrogens (tertiary/aromatic N) is 2. The summed E-state index contributed by atoms with van der Waals surface area (Å²) in [6.45, 7) is 0.956. The summed E-state index contributed by atoms with van der Waals surface area (Å²) in [5.74, 6) is -0.531. The fourth-order valence-electron chi connectivity index (χ4n) is 2.88. The predicted molar refractivity (Wildman–Crippen MR) is 111 cm³/mol. The second-order valence-corrected chi connectivity index (χ2v) is 9.83. The lowest BCUT2D eigenvalue weighted by molar-refractivity contribution is -0.139. The lowest BCUT2D eigenvalue weighted by Gasteiger charge is -2.24. The van der Waals surface area contributed by atoms with Crippen molar-refractivity contribution in [3.05, 3.63) is 5.53 Å². The molecule has 0 saturated carbocycles. The highest BCUT2D eigenvalue weighted by Gasteiger charge is 2.36. The molecule has 0 aliphatic carbocycles. The number of hydrogen-bond acceptors (Lipinski definition) is 6. The van der Waals surface area contributed by atoms with E-state index in [4.69, 9.17) is 23.5 Å². The number of hydrogen-bond donors (Lipinski definition) is 1. The van der Waals surface area contributed by atoms with E-state index in [0.717, 1.165) is 64.0 Å². The Morgan fingerprint density at radius 2 is 1.45 bits per heavy atom. The highest BCUT2D eigenvalue weighted by Crippen LogP contribution is 2.14. The van der Waals surface area contributed by atoms with Crippen LogP contribution in [0.25, 0.3) is 5.53 Å². The molecule has 10 heteroatoms. The van der Waals surface area contributed by atoms with Gasteiger partial charge in [0.25, 0.3) is 0 Å². The third kappa shape index (κ3) is 15.0. The molecule has 0 spiro atoms. The number of unbranched alkanes of at least 4 members (excludes halogenated alkanes) is 7. The molecule has 0 aliphatic heterocycles. The second kappa shape index (κ2) is 18.4. The van der Waals surface area contributed by atoms with Crippen LogP contribution < -0.4 is 5.32 Å². The molecular formula is C19H37N3O6Si. The van der Waals surface area contributed by atoms with E-state index in [1.807, 2.05) is 0 Å². The van der Waals surface area contributed by atoms with Gasteiger partial charge in [0, 0.05) is 40.3 Å². The minimum atomic E-state index is -2.54. The van der Waals surface area contributed by atoms with E-state index in [2.05, 4.69) is 10.1 Å². The van der Waals surface area contributed by atoms with Gasteiger partial charge in [-0.25, -0.2) is 4.79 Å². The zero-order valence-electron chi connectivity index (χ0n) is 18.1. The van der Waals surface area contributed by atoms with E-state index in [0.29, 0.717) is 25.6 Å². The molecule has 1 N–H and O–H groups in total. The maximum atomic E-state index is 11.8. The van der Waals surface area contributed by atoms with Crippen molar-refractivity contribution in [2.75, 3.05) is 34.5 Å². The molecule has 168 valence electrons. The van der Waals surface area contributed by atoms with Crippen LogP contribution in [0.5, 0.6) is 0 Å². The van der Waals surface area contributed by atoms with Gasteiger partial charge in [-0.1, -0.05) is 38.5 Å². The van der Waals surface area contributed by atoms with Crippen molar-refractivity contribution < 1.29 is 32.4 Å². The fraction of sp³-hybridized carbons (Fsp3) is 0.842. The molecule has 0 fully saturated rings. The van der Waals surface area contributed by atoms with Crippen molar-refractivity contribution in [3.8, 4) is 0 Å². The maximum Gasteiger partial charge on any atom is 0.500 e. The summed E-state index contributed by atoms with van der Waals surface area (Å²) in [6, 6.07) is 0.677. The molecule has 0 rings (SSSR count). The molecule has 0 saturated heterocycles. The third-order valence-corrected chi connectivity index (χ3v) is 7.45. The summed E-state index contributed by atoms with van der Waals surface area (Å²) in [5.41, 5.74) is 8.16. The third-order valence-electron chi connectivity index (χ3n) is 4.62. The molecule has 0 aromatic rings. The minimum absolute atomic E-state index is 0.0882. The summed E-state index contributed by atoms with van der Waals surface area (Å²) >= 11 is 0. The summed E-state index contributed by atoms with van der Waals surface area (Å²) < 4.78 is 20.9. The van der Waals surface area contributed by atoms with Gasteiger partial charge >= 0.3 is 21.0 Å². The average molecular weight is 432 g/mol. The van der Waals surface area contributed by atoms with E-state index in [1.54, 1.807) is 21.3 Å². The van der Waals surface area contributed by atoms with Gasteiger partial charge in [-0.05, 0) is 19.3 Å². The lowest BCUT2D eigenvalue weighted by atomic mass is 10.1. The Bertz CT molecular complexity index is 488. The first-order chi connectivity index (χ1) is 14.0. The van der Waals surface area contributed by atoms with Crippen molar-refractivity contribution >= 4 is 26.9 Å². The normalized spacial score (nSPS) is 11.0. The van der Waals surface area contributed by atoms with Crippen LogP contribution in [0.15, 0.2) is 0 Å². The number of amides is 1. The van der Waals surface area contributed by atoms with Gasteiger partial charge in [-0.2, -0.15) is 4.79 Å². The van der Waals surface area contributed by atoms with Crippen LogP contribution in [0, 0.1) is 0 Å². The summed E-state index contributed by atoms with van der Waals surface area (Å²) in [6.07, 6.45) is 10.4. The number of carbonyl (C=O) groups excluding carboxylic acids is 2. The molecule has 0 heterocycles. The number of ether oxygens (including phenoxy) is 1. The SMILES string of the molecule is CO[Si](CCCNC(=O)CCCCCCCCCCOC(=O)C=[N+]=[N-])(OC)OC. The number of esters is 1. The smallest absolute Gasteiger partial charge is 0.457 e. The zero-order valence-corrected chi connectivity index (χ0v) is 19.1. The molecule has 0 bridgehead atoms. The van der Waals surface area contributed by atoms with Crippen molar-refractivity contribution in [3.63, 3.8) is 0 Å². The van der Waals surface area contributed by atoms with Crippen molar-refractivity contribution in [2.45, 2.75) is 70.3 Å². The number of carbonyl (C=O) groups is 2. The topological polar surface area (TPSA) is 119 Å². The molecule has 29 heavy (non-hydrogen) atoms. The molecule has 9 nitrogen and oxygen atoms in total. The van der Waals surface area contributed by atoms with Crippen molar-refractivity contribution in [2.24, 2.45) is 0 Å². The van der Waals surface area contributed by atoms with Crippen LogP contribution in [-0.2, 0) is 27.6 Å². The molecular weight excluding hydrogens is 394 g/mol. The molecule has 0 atom stereocenters. The highest BCUT2D eigenvalue weighted by atomic mass is 28.4. The van der Waals surface area contributed by atoms with E-state index in [9.17, 15) is 9.59 Å². The maximum absolute atomic E-state index is 11.8. The number of rotatable bonds is 19. The Morgan fingerprint density at radius 3 is 2.00 bits per heavy atom. The zero-order chi connectivity index (χ0) is 21.8. The van der Waals surface area contributed by atoms with Gasteiger partial charge in [-0.3, -0.25) is 4.79 Å². The van der Waals surface area contributed by atoms with Gasteiger partial charge < -0.3 is 28.9 Å². The summed E-state index contributed by atoms with van der Waals surface area (Å²) in [4.78, 5) is 25.4. The largest absolute Gasteiger partial charge is 0.500 e. The minimum Gasteiger partial charge on any atom is -0.457 e. The van der Waals surface area contributed by atoms with Crippen LogP contribution in [-0.4, -0.2) is 66.2 Å². The van der Waals surface area contributed by atoms with Gasteiger partial charge in [0.1, 0.15) is 0 Å². The Hall–Kier alpha value is -1.58. The molecule has 0 radical (unpaired) electrons. The second-order valence-electron chi connectivity index (χ2n) is 6.74. The monoisotopic (exact) mass is 431 g/mol. The van der Waals surface area contributed by atoms with Gasteiger partial charge in [-0.15, -0.1) is 0 Å². The molecule has 1 amide bonds. The van der Waals surface area contributed by atoms with E-state index in [1.165, 1.54) is 0 Å². The van der Waals surface area contributed by atoms with Crippen LogP contribution in [0.2, 0.25) is 6.04 Å². The predicted octanol–water partition coefficient (Wildman–Crippen LogP) is 2.73. The van der Waals surface area contributed by atoms with Crippen molar-refractivity contribution in [1.29, 1.82) is 0 Å². The lowest BCUT2D eigenvalue weighted by Crippen LogP contribution is -2.43. The average Bonchev–Trinajstić information content (AvgIpc) is 2.73. The Morgan fingerprint density at radius 1 is 0.897 bits per heavy atom. The summed E-state index contributed by atoms with van der Waals surface area (Å²) in [5, 5.41) is 2.93. The Balaban J connectivity index is 3.45. The van der Waals surface area contributed by atoms with Crippen LogP contribution >= 0.6 is 0 Å². The molecule has 0 unspecified atom stereocenters. The van der Waals surface area contributed by atoms with Crippen LogP contribution in [0.4, 0.5) is 0 Å². The molecule has 0 aliphatic rings. The standard InChI is InChI=1S/C19H37N3O6Si/c1-25-29(26-2,27-3)16-12-14-21-18(23)13-10-8-6-4-5-7-9-11-15-28-19(24)17-22-20/h17H,4-16H2,1-3H3,(H,21,23). The van der Waals surface area contributed by atoms with Crippen LogP contribution in [0.1, 0.15) is 64.2 Å². The Labute approximate surface area is 175 Å². The van der Waals surface area contributed by atoms with Gasteiger partial charge in [0.15, 0.2) is 0 Å². The van der Waals surface area contributed by atoms with Gasteiger partial charge in [0.05, 0.1) is 6.61 Å². The first-order valence-corrected chi connectivity index (χ1v) is 12.2.